The van der Waals surface area contributed by atoms with Gasteiger partial charge in [-0.05, 0) is 47.8 Å². The molecule has 4 heteroatoms. The van der Waals surface area contributed by atoms with E-state index in [9.17, 15) is 9.59 Å². The van der Waals surface area contributed by atoms with Gasteiger partial charge in [0, 0.05) is 6.42 Å². The molecule has 0 radical (unpaired) electrons. The number of ether oxygens (including phenoxy) is 1. The average Bonchev–Trinajstić information content (AvgIpc) is 2.72. The maximum Gasteiger partial charge on any atom is 0.328 e. The van der Waals surface area contributed by atoms with Crippen molar-refractivity contribution in [1.29, 1.82) is 0 Å². The summed E-state index contributed by atoms with van der Waals surface area (Å²) >= 11 is 0. The highest BCUT2D eigenvalue weighted by Gasteiger charge is 2.26. The maximum absolute atomic E-state index is 13.0. The van der Waals surface area contributed by atoms with Crippen LogP contribution in [0.4, 0.5) is 0 Å². The van der Waals surface area contributed by atoms with Gasteiger partial charge in [-0.15, -0.1) is 0 Å². The summed E-state index contributed by atoms with van der Waals surface area (Å²) in [5.41, 5.74) is 3.26. The smallest absolute Gasteiger partial charge is 0.328 e. The molecule has 0 heterocycles. The molecule has 0 bridgehead atoms. The predicted molar refractivity (Wildman–Crippen MR) is 131 cm³/mol. The van der Waals surface area contributed by atoms with E-state index >= 15 is 0 Å². The lowest BCUT2D eigenvalue weighted by atomic mass is 9.93. The van der Waals surface area contributed by atoms with Crippen molar-refractivity contribution in [2.75, 3.05) is 6.61 Å². The van der Waals surface area contributed by atoms with Gasteiger partial charge in [0.1, 0.15) is 6.04 Å². The Morgan fingerprint density at radius 1 is 0.875 bits per heavy atom. The molecule has 174 valence electrons. The Bertz CT molecular complexity index is 850. The monoisotopic (exact) mass is 437 g/mol. The number of nitrogens with one attached hydrogen (secondary N) is 1. The molecule has 0 saturated carbocycles. The SMILES string of the molecule is CC(C)Cc1ccc(C(C)C(=O)NC(Cc2ccccc2)C(=O)OCCC(C)(C)C)cc1. The van der Waals surface area contributed by atoms with E-state index in [2.05, 4.69) is 52.1 Å². The quantitative estimate of drug-likeness (QED) is 0.485. The van der Waals surface area contributed by atoms with Crippen LogP contribution in [0.15, 0.2) is 54.6 Å². The second-order valence-corrected chi connectivity index (χ2v) is 10.3. The van der Waals surface area contributed by atoms with Crippen molar-refractivity contribution in [3.63, 3.8) is 0 Å². The Morgan fingerprint density at radius 3 is 2.03 bits per heavy atom. The molecule has 1 amide bonds. The molecule has 0 aliphatic carbocycles. The van der Waals surface area contributed by atoms with E-state index in [0.717, 1.165) is 24.0 Å². The second-order valence-electron chi connectivity index (χ2n) is 10.3. The number of benzene rings is 2. The van der Waals surface area contributed by atoms with E-state index in [-0.39, 0.29) is 23.2 Å². The van der Waals surface area contributed by atoms with Gasteiger partial charge >= 0.3 is 5.97 Å². The molecule has 4 nitrogen and oxygen atoms in total. The largest absolute Gasteiger partial charge is 0.464 e. The molecule has 2 unspecified atom stereocenters. The number of carbonyl (C=O) groups excluding carboxylic acids is 2. The van der Waals surface area contributed by atoms with Gasteiger partial charge in [-0.3, -0.25) is 4.79 Å². The molecule has 0 saturated heterocycles. The van der Waals surface area contributed by atoms with Crippen molar-refractivity contribution in [1.82, 2.24) is 5.32 Å². The van der Waals surface area contributed by atoms with E-state index in [1.807, 2.05) is 49.4 Å². The summed E-state index contributed by atoms with van der Waals surface area (Å²) < 4.78 is 5.54. The molecule has 0 spiro atoms. The lowest BCUT2D eigenvalue weighted by molar-refractivity contribution is -0.148. The zero-order valence-electron chi connectivity index (χ0n) is 20.5. The zero-order chi connectivity index (χ0) is 23.7. The van der Waals surface area contributed by atoms with E-state index in [1.165, 1.54) is 5.56 Å². The Kier molecular flexibility index (Phi) is 9.49. The summed E-state index contributed by atoms with van der Waals surface area (Å²) in [6.45, 7) is 12.9. The third-order valence-corrected chi connectivity index (χ3v) is 5.50. The number of amides is 1. The van der Waals surface area contributed by atoms with E-state index < -0.39 is 6.04 Å². The lowest BCUT2D eigenvalue weighted by Crippen LogP contribution is -2.45. The van der Waals surface area contributed by atoms with Crippen molar-refractivity contribution >= 4 is 11.9 Å². The number of rotatable bonds is 10. The Morgan fingerprint density at radius 2 is 1.47 bits per heavy atom. The fourth-order valence-electron chi connectivity index (χ4n) is 3.46. The fourth-order valence-corrected chi connectivity index (χ4v) is 3.46. The first-order valence-corrected chi connectivity index (χ1v) is 11.6. The molecule has 2 aromatic rings. The fraction of sp³-hybridized carbons (Fsp3) is 0.500. The minimum absolute atomic E-state index is 0.0781. The summed E-state index contributed by atoms with van der Waals surface area (Å²) in [5, 5.41) is 2.94. The average molecular weight is 438 g/mol. The Hall–Kier alpha value is -2.62. The van der Waals surface area contributed by atoms with E-state index in [0.29, 0.717) is 18.9 Å². The van der Waals surface area contributed by atoms with Gasteiger partial charge in [0.05, 0.1) is 12.5 Å². The van der Waals surface area contributed by atoms with Crippen LogP contribution in [0.1, 0.15) is 70.6 Å². The second kappa shape index (κ2) is 11.8. The predicted octanol–water partition coefficient (Wildman–Crippen LogP) is 5.70. The molecule has 0 aliphatic heterocycles. The van der Waals surface area contributed by atoms with Crippen molar-refractivity contribution < 1.29 is 14.3 Å². The van der Waals surface area contributed by atoms with Crippen LogP contribution in [0.5, 0.6) is 0 Å². The summed E-state index contributed by atoms with van der Waals surface area (Å²) in [4.78, 5) is 25.9. The van der Waals surface area contributed by atoms with Crippen molar-refractivity contribution in [2.45, 2.75) is 72.8 Å². The third kappa shape index (κ3) is 8.86. The normalized spacial score (nSPS) is 13.5. The van der Waals surface area contributed by atoms with Gasteiger partial charge < -0.3 is 10.1 Å². The van der Waals surface area contributed by atoms with Crippen LogP contribution >= 0.6 is 0 Å². The van der Waals surface area contributed by atoms with Crippen LogP contribution in [-0.2, 0) is 27.2 Å². The number of hydrogen-bond donors (Lipinski definition) is 1. The highest BCUT2D eigenvalue weighted by Crippen LogP contribution is 2.20. The molecule has 1 N–H and O–H groups in total. The Labute approximate surface area is 193 Å². The summed E-state index contributed by atoms with van der Waals surface area (Å²) in [6, 6.07) is 17.2. The molecule has 2 atom stereocenters. The van der Waals surface area contributed by atoms with E-state index in [4.69, 9.17) is 4.74 Å². The van der Waals surface area contributed by atoms with Crippen LogP contribution in [0, 0.1) is 11.3 Å². The first kappa shape index (κ1) is 25.6. The molecule has 32 heavy (non-hydrogen) atoms. The van der Waals surface area contributed by atoms with Gasteiger partial charge in [-0.2, -0.15) is 0 Å². The molecular formula is C28H39NO3. The number of esters is 1. The first-order chi connectivity index (χ1) is 15.0. The van der Waals surface area contributed by atoms with Crippen molar-refractivity contribution in [3.8, 4) is 0 Å². The molecule has 0 fully saturated rings. The van der Waals surface area contributed by atoms with Gasteiger partial charge in [0.15, 0.2) is 0 Å². The molecular weight excluding hydrogens is 398 g/mol. The third-order valence-electron chi connectivity index (χ3n) is 5.50. The highest BCUT2D eigenvalue weighted by molar-refractivity contribution is 5.88. The minimum atomic E-state index is -0.715. The van der Waals surface area contributed by atoms with Crippen LogP contribution < -0.4 is 5.32 Å². The van der Waals surface area contributed by atoms with Crippen LogP contribution in [0.2, 0.25) is 0 Å². The van der Waals surface area contributed by atoms with Crippen molar-refractivity contribution in [2.24, 2.45) is 11.3 Å². The maximum atomic E-state index is 13.0. The van der Waals surface area contributed by atoms with Gasteiger partial charge in [0.2, 0.25) is 5.91 Å². The highest BCUT2D eigenvalue weighted by atomic mass is 16.5. The van der Waals surface area contributed by atoms with Crippen LogP contribution in [-0.4, -0.2) is 24.5 Å². The van der Waals surface area contributed by atoms with Gasteiger partial charge in [-0.1, -0.05) is 89.2 Å². The summed E-state index contributed by atoms with van der Waals surface area (Å²) in [7, 11) is 0. The van der Waals surface area contributed by atoms with Gasteiger partial charge in [0.25, 0.3) is 0 Å². The topological polar surface area (TPSA) is 55.4 Å². The standard InChI is InChI=1S/C28H39NO3/c1-20(2)18-23-12-14-24(15-13-23)21(3)26(30)29-25(19-22-10-8-7-9-11-22)27(31)32-17-16-28(4,5)6/h7-15,20-21,25H,16-19H2,1-6H3,(H,29,30). The first-order valence-electron chi connectivity index (χ1n) is 11.6. The lowest BCUT2D eigenvalue weighted by Gasteiger charge is -2.22. The van der Waals surface area contributed by atoms with Crippen molar-refractivity contribution in [3.05, 3.63) is 71.3 Å². The minimum Gasteiger partial charge on any atom is -0.464 e. The number of carbonyl (C=O) groups is 2. The zero-order valence-corrected chi connectivity index (χ0v) is 20.5. The van der Waals surface area contributed by atoms with Gasteiger partial charge in [-0.25, -0.2) is 4.79 Å². The summed E-state index contributed by atoms with van der Waals surface area (Å²) in [6.07, 6.45) is 2.19. The molecule has 2 aromatic carbocycles. The van der Waals surface area contributed by atoms with Crippen LogP contribution in [0.3, 0.4) is 0 Å². The Balaban J connectivity index is 2.07. The number of hydrogen-bond acceptors (Lipinski definition) is 3. The molecule has 0 aliphatic rings. The molecule has 2 rings (SSSR count). The van der Waals surface area contributed by atoms with Crippen LogP contribution in [0.25, 0.3) is 0 Å². The van der Waals surface area contributed by atoms with E-state index in [1.54, 1.807) is 0 Å². The summed E-state index contributed by atoms with van der Waals surface area (Å²) in [5.74, 6) is -0.324. The molecule has 0 aromatic heterocycles.